The first-order valence-corrected chi connectivity index (χ1v) is 15.2. The van der Waals surface area contributed by atoms with E-state index in [2.05, 4.69) is 5.32 Å². The van der Waals surface area contributed by atoms with Crippen molar-refractivity contribution in [1.29, 1.82) is 0 Å². The van der Waals surface area contributed by atoms with Gasteiger partial charge in [-0.3, -0.25) is 13.9 Å². The third-order valence-electron chi connectivity index (χ3n) is 6.08. The molecule has 1 N–H and O–H groups in total. The van der Waals surface area contributed by atoms with E-state index < -0.39 is 40.0 Å². The van der Waals surface area contributed by atoms with Crippen LogP contribution in [0.5, 0.6) is 5.75 Å². The Morgan fingerprint density at radius 3 is 2.07 bits per heavy atom. The van der Waals surface area contributed by atoms with Crippen molar-refractivity contribution in [3.8, 4) is 5.75 Å². The number of halogens is 3. The summed E-state index contributed by atoms with van der Waals surface area (Å²) in [6.45, 7) is 6.24. The Bertz CT molecular complexity index is 1490. The summed E-state index contributed by atoms with van der Waals surface area (Å²) in [6, 6.07) is 15.9. The van der Waals surface area contributed by atoms with Crippen molar-refractivity contribution in [3.63, 3.8) is 0 Å². The van der Waals surface area contributed by atoms with E-state index in [9.17, 15) is 18.0 Å². The highest BCUT2D eigenvalue weighted by Crippen LogP contribution is 2.30. The van der Waals surface area contributed by atoms with Crippen molar-refractivity contribution in [1.82, 2.24) is 10.2 Å². The van der Waals surface area contributed by atoms with E-state index in [-0.39, 0.29) is 22.2 Å². The van der Waals surface area contributed by atoms with Crippen LogP contribution in [0, 0.1) is 0 Å². The van der Waals surface area contributed by atoms with Crippen molar-refractivity contribution < 1.29 is 22.7 Å². The Kier molecular flexibility index (Phi) is 10.6. The minimum absolute atomic E-state index is 0.0645. The summed E-state index contributed by atoms with van der Waals surface area (Å²) >= 11 is 19.0. The average Bonchev–Trinajstić information content (AvgIpc) is 2.90. The average molecular weight is 641 g/mol. The van der Waals surface area contributed by atoms with Gasteiger partial charge in [-0.05, 0) is 82.3 Å². The Morgan fingerprint density at radius 2 is 1.54 bits per heavy atom. The number of carbonyl (C=O) groups excluding carboxylic acids is 2. The van der Waals surface area contributed by atoms with Crippen LogP contribution in [0.2, 0.25) is 15.1 Å². The second-order valence-electron chi connectivity index (χ2n) is 10.3. The molecule has 0 saturated carbocycles. The molecule has 41 heavy (non-hydrogen) atoms. The van der Waals surface area contributed by atoms with Gasteiger partial charge in [0.1, 0.15) is 18.3 Å². The maximum Gasteiger partial charge on any atom is 0.264 e. The van der Waals surface area contributed by atoms with Gasteiger partial charge in [-0.1, -0.05) is 46.9 Å². The van der Waals surface area contributed by atoms with Crippen molar-refractivity contribution in [2.45, 2.75) is 50.7 Å². The number of amides is 2. The summed E-state index contributed by atoms with van der Waals surface area (Å²) < 4.78 is 33.9. The first-order valence-electron chi connectivity index (χ1n) is 12.6. The second kappa shape index (κ2) is 13.3. The van der Waals surface area contributed by atoms with Gasteiger partial charge in [-0.25, -0.2) is 8.42 Å². The van der Waals surface area contributed by atoms with E-state index in [0.29, 0.717) is 21.4 Å². The maximum atomic E-state index is 14.0. The van der Waals surface area contributed by atoms with Crippen LogP contribution in [0.1, 0.15) is 33.3 Å². The summed E-state index contributed by atoms with van der Waals surface area (Å²) in [7, 11) is -2.80. The maximum absolute atomic E-state index is 14.0. The molecule has 0 unspecified atom stereocenters. The lowest BCUT2D eigenvalue weighted by Gasteiger charge is -2.33. The fraction of sp³-hybridized carbons (Fsp3) is 0.310. The first kappa shape index (κ1) is 32.5. The van der Waals surface area contributed by atoms with Gasteiger partial charge in [-0.2, -0.15) is 0 Å². The molecule has 0 aromatic heterocycles. The number of methoxy groups -OCH3 is 1. The molecule has 8 nitrogen and oxygen atoms in total. The lowest BCUT2D eigenvalue weighted by atomic mass is 10.1. The number of benzene rings is 3. The number of sulfonamides is 1. The van der Waals surface area contributed by atoms with Gasteiger partial charge in [-0.15, -0.1) is 0 Å². The fourth-order valence-corrected chi connectivity index (χ4v) is 6.05. The van der Waals surface area contributed by atoms with E-state index in [4.69, 9.17) is 39.5 Å². The van der Waals surface area contributed by atoms with Gasteiger partial charge >= 0.3 is 0 Å². The van der Waals surface area contributed by atoms with Gasteiger partial charge in [0.15, 0.2) is 0 Å². The molecule has 3 aromatic carbocycles. The SMILES string of the molecule is COc1ccc(S(=O)(=O)N(CC(=O)N(Cc2c(Cl)cccc2Cl)[C@H](C)C(=O)NC(C)(C)C)c2cccc(Cl)c2)cc1. The molecular formula is C29H32Cl3N3O5S. The van der Waals surface area contributed by atoms with Crippen LogP contribution in [-0.4, -0.2) is 50.4 Å². The zero-order valence-electron chi connectivity index (χ0n) is 23.3. The van der Waals surface area contributed by atoms with Crippen LogP contribution >= 0.6 is 34.8 Å². The molecular weight excluding hydrogens is 609 g/mol. The normalized spacial score (nSPS) is 12.4. The summed E-state index contributed by atoms with van der Waals surface area (Å²) in [5, 5.41) is 3.75. The Balaban J connectivity index is 2.08. The number of nitrogens with zero attached hydrogens (tertiary/aromatic N) is 2. The van der Waals surface area contributed by atoms with Crippen LogP contribution in [-0.2, 0) is 26.2 Å². The molecule has 1 atom stereocenters. The molecule has 3 aromatic rings. The van der Waals surface area contributed by atoms with Crippen molar-refractivity contribution in [3.05, 3.63) is 87.4 Å². The van der Waals surface area contributed by atoms with Crippen molar-refractivity contribution in [2.24, 2.45) is 0 Å². The van der Waals surface area contributed by atoms with Gasteiger partial charge in [0.2, 0.25) is 11.8 Å². The first-order chi connectivity index (χ1) is 19.1. The Labute approximate surface area is 256 Å². The molecule has 0 fully saturated rings. The molecule has 220 valence electrons. The predicted molar refractivity (Wildman–Crippen MR) is 163 cm³/mol. The van der Waals surface area contributed by atoms with Crippen LogP contribution in [0.25, 0.3) is 0 Å². The molecule has 0 aliphatic heterocycles. The van der Waals surface area contributed by atoms with E-state index in [1.54, 1.807) is 37.3 Å². The molecule has 2 amide bonds. The minimum Gasteiger partial charge on any atom is -0.497 e. The van der Waals surface area contributed by atoms with Crippen LogP contribution < -0.4 is 14.4 Å². The third-order valence-corrected chi connectivity index (χ3v) is 8.81. The van der Waals surface area contributed by atoms with Crippen molar-refractivity contribution >= 4 is 62.3 Å². The number of rotatable bonds is 10. The number of carbonyl (C=O) groups is 2. The van der Waals surface area contributed by atoms with E-state index in [1.807, 2.05) is 20.8 Å². The van der Waals surface area contributed by atoms with Crippen LogP contribution in [0.15, 0.2) is 71.6 Å². The second-order valence-corrected chi connectivity index (χ2v) is 13.4. The molecule has 0 heterocycles. The fourth-order valence-electron chi connectivity index (χ4n) is 3.95. The smallest absolute Gasteiger partial charge is 0.264 e. The molecule has 0 aliphatic carbocycles. The number of nitrogens with one attached hydrogen (secondary N) is 1. The quantitative estimate of drug-likeness (QED) is 0.286. The minimum atomic E-state index is -4.27. The van der Waals surface area contributed by atoms with E-state index >= 15 is 0 Å². The summed E-state index contributed by atoms with van der Waals surface area (Å²) in [6.07, 6.45) is 0. The molecule has 0 spiro atoms. The number of ether oxygens (including phenoxy) is 1. The largest absolute Gasteiger partial charge is 0.497 e. The Morgan fingerprint density at radius 1 is 0.951 bits per heavy atom. The summed E-state index contributed by atoms with van der Waals surface area (Å²) in [5.74, 6) is -0.619. The molecule has 12 heteroatoms. The third kappa shape index (κ3) is 8.29. The Hall–Kier alpha value is -2.98. The molecule has 0 saturated heterocycles. The molecule has 0 radical (unpaired) electrons. The predicted octanol–water partition coefficient (Wildman–Crippen LogP) is 6.18. The highest BCUT2D eigenvalue weighted by Gasteiger charge is 2.34. The van der Waals surface area contributed by atoms with E-state index in [0.717, 1.165) is 4.31 Å². The van der Waals surface area contributed by atoms with Crippen molar-refractivity contribution in [2.75, 3.05) is 18.0 Å². The lowest BCUT2D eigenvalue weighted by Crippen LogP contribution is -2.54. The zero-order valence-corrected chi connectivity index (χ0v) is 26.4. The number of hydrogen-bond acceptors (Lipinski definition) is 5. The lowest BCUT2D eigenvalue weighted by molar-refractivity contribution is -0.140. The molecule has 0 bridgehead atoms. The molecule has 0 aliphatic rings. The summed E-state index contributed by atoms with van der Waals surface area (Å²) in [5.41, 5.74) is 0.0169. The van der Waals surface area contributed by atoms with Gasteiger partial charge < -0.3 is 15.0 Å². The standard InChI is InChI=1S/C29H32Cl3N3O5S/c1-19(28(37)33-29(2,3)4)34(17-24-25(31)10-7-11-26(24)32)27(36)18-35(21-9-6-8-20(30)16-21)41(38,39)23-14-12-22(40-5)13-15-23/h6-16,19H,17-18H2,1-5H3,(H,33,37)/t19-/m1/s1. The highest BCUT2D eigenvalue weighted by atomic mass is 35.5. The van der Waals surface area contributed by atoms with Crippen LogP contribution in [0.4, 0.5) is 5.69 Å². The monoisotopic (exact) mass is 639 g/mol. The summed E-state index contributed by atoms with van der Waals surface area (Å²) in [4.78, 5) is 28.4. The van der Waals surface area contributed by atoms with Crippen LogP contribution in [0.3, 0.4) is 0 Å². The van der Waals surface area contributed by atoms with Gasteiger partial charge in [0.25, 0.3) is 10.0 Å². The molecule has 3 rings (SSSR count). The number of hydrogen-bond donors (Lipinski definition) is 1. The number of anilines is 1. The van der Waals surface area contributed by atoms with Gasteiger partial charge in [0, 0.05) is 32.7 Å². The highest BCUT2D eigenvalue weighted by molar-refractivity contribution is 7.92. The zero-order chi connectivity index (χ0) is 30.5. The topological polar surface area (TPSA) is 96.0 Å². The van der Waals surface area contributed by atoms with Gasteiger partial charge in [0.05, 0.1) is 17.7 Å². The van der Waals surface area contributed by atoms with E-state index in [1.165, 1.54) is 48.4 Å².